The lowest BCUT2D eigenvalue weighted by Gasteiger charge is -2.22. The van der Waals surface area contributed by atoms with Crippen LogP contribution in [0.1, 0.15) is 38.1 Å². The van der Waals surface area contributed by atoms with Crippen LogP contribution in [0.3, 0.4) is 0 Å². The molecule has 2 rings (SSSR count). The highest BCUT2D eigenvalue weighted by atomic mass is 32.2. The van der Waals surface area contributed by atoms with Crippen LogP contribution in [0.25, 0.3) is 0 Å². The first-order valence-electron chi connectivity index (χ1n) is 9.81. The Balaban J connectivity index is 2.21. The Hall–Kier alpha value is -2.72. The fourth-order valence-corrected chi connectivity index (χ4v) is 4.46. The predicted molar refractivity (Wildman–Crippen MR) is 114 cm³/mol. The molecule has 1 aromatic carbocycles. The summed E-state index contributed by atoms with van der Waals surface area (Å²) in [4.78, 5) is 25.5. The SMILES string of the molecule is CCN(CC)S(=O)(=O)c1cccc(C(=O)N[C@H](C(=O)Nc2ccn(C)n2)C(C)C)c1. The van der Waals surface area contributed by atoms with Gasteiger partial charge in [-0.2, -0.15) is 9.40 Å². The van der Waals surface area contributed by atoms with E-state index in [4.69, 9.17) is 0 Å². The van der Waals surface area contributed by atoms with Crippen molar-refractivity contribution in [1.82, 2.24) is 19.4 Å². The summed E-state index contributed by atoms with van der Waals surface area (Å²) in [7, 11) is -1.96. The molecule has 0 saturated heterocycles. The molecular formula is C20H29N5O4S. The maximum atomic E-state index is 12.8. The number of hydrogen-bond donors (Lipinski definition) is 2. The highest BCUT2D eigenvalue weighted by molar-refractivity contribution is 7.89. The van der Waals surface area contributed by atoms with Crippen LogP contribution >= 0.6 is 0 Å². The van der Waals surface area contributed by atoms with E-state index in [9.17, 15) is 18.0 Å². The largest absolute Gasteiger partial charge is 0.340 e. The van der Waals surface area contributed by atoms with Crippen molar-refractivity contribution in [1.29, 1.82) is 0 Å². The number of nitrogens with one attached hydrogen (secondary N) is 2. The number of aryl methyl sites for hydroxylation is 1. The van der Waals surface area contributed by atoms with Crippen LogP contribution in [0, 0.1) is 5.92 Å². The summed E-state index contributed by atoms with van der Waals surface area (Å²) in [6, 6.07) is 6.66. The van der Waals surface area contributed by atoms with Gasteiger partial charge in [-0.3, -0.25) is 14.3 Å². The molecule has 0 aliphatic carbocycles. The van der Waals surface area contributed by atoms with Gasteiger partial charge in [0, 0.05) is 38.0 Å². The van der Waals surface area contributed by atoms with Crippen molar-refractivity contribution in [3.05, 3.63) is 42.1 Å². The van der Waals surface area contributed by atoms with Gasteiger partial charge in [-0.25, -0.2) is 8.42 Å². The zero-order chi connectivity index (χ0) is 22.5. The summed E-state index contributed by atoms with van der Waals surface area (Å²) < 4.78 is 28.3. The van der Waals surface area contributed by atoms with E-state index in [-0.39, 0.29) is 16.4 Å². The van der Waals surface area contributed by atoms with Crippen molar-refractivity contribution in [2.45, 2.75) is 38.6 Å². The quantitative estimate of drug-likeness (QED) is 0.624. The van der Waals surface area contributed by atoms with Crippen molar-refractivity contribution >= 4 is 27.7 Å². The van der Waals surface area contributed by atoms with E-state index in [1.807, 2.05) is 13.8 Å². The van der Waals surface area contributed by atoms with Gasteiger partial charge in [-0.05, 0) is 24.1 Å². The number of hydrogen-bond acceptors (Lipinski definition) is 5. The number of amides is 2. The molecule has 30 heavy (non-hydrogen) atoms. The zero-order valence-corrected chi connectivity index (χ0v) is 18.7. The van der Waals surface area contributed by atoms with Gasteiger partial charge in [-0.15, -0.1) is 0 Å². The number of anilines is 1. The minimum absolute atomic E-state index is 0.0397. The van der Waals surface area contributed by atoms with E-state index in [1.54, 1.807) is 37.8 Å². The summed E-state index contributed by atoms with van der Waals surface area (Å²) in [6.07, 6.45) is 1.69. The second-order valence-electron chi connectivity index (χ2n) is 7.18. The van der Waals surface area contributed by atoms with E-state index in [2.05, 4.69) is 15.7 Å². The number of carbonyl (C=O) groups is 2. The average Bonchev–Trinajstić information content (AvgIpc) is 3.10. The molecule has 1 atom stereocenters. The third-order valence-corrected chi connectivity index (χ3v) is 6.69. The maximum absolute atomic E-state index is 12.8. The molecule has 1 heterocycles. The van der Waals surface area contributed by atoms with Crippen molar-refractivity contribution in [3.8, 4) is 0 Å². The average molecular weight is 436 g/mol. The van der Waals surface area contributed by atoms with Crippen LogP contribution in [0.4, 0.5) is 5.82 Å². The predicted octanol–water partition coefficient (Wildman–Crippen LogP) is 1.84. The fraction of sp³-hybridized carbons (Fsp3) is 0.450. The van der Waals surface area contributed by atoms with Gasteiger partial charge >= 0.3 is 0 Å². The topological polar surface area (TPSA) is 113 Å². The normalized spacial score (nSPS) is 12.8. The molecule has 0 aliphatic rings. The Morgan fingerprint density at radius 2 is 1.83 bits per heavy atom. The zero-order valence-electron chi connectivity index (χ0n) is 17.9. The number of rotatable bonds is 9. The lowest BCUT2D eigenvalue weighted by atomic mass is 10.0. The van der Waals surface area contributed by atoms with Crippen LogP contribution in [-0.4, -0.2) is 53.4 Å². The molecule has 0 bridgehead atoms. The fourth-order valence-electron chi connectivity index (χ4n) is 2.96. The summed E-state index contributed by atoms with van der Waals surface area (Å²) in [6.45, 7) is 7.79. The lowest BCUT2D eigenvalue weighted by Crippen LogP contribution is -2.47. The highest BCUT2D eigenvalue weighted by Gasteiger charge is 2.27. The Labute approximate surface area is 177 Å². The number of carbonyl (C=O) groups excluding carboxylic acids is 2. The highest BCUT2D eigenvalue weighted by Crippen LogP contribution is 2.17. The van der Waals surface area contributed by atoms with Gasteiger partial charge < -0.3 is 10.6 Å². The maximum Gasteiger partial charge on any atom is 0.251 e. The Kier molecular flexibility index (Phi) is 7.74. The Morgan fingerprint density at radius 1 is 1.17 bits per heavy atom. The van der Waals surface area contributed by atoms with Crippen LogP contribution in [0.15, 0.2) is 41.4 Å². The molecule has 164 valence electrons. The summed E-state index contributed by atoms with van der Waals surface area (Å²) in [5.74, 6) is -0.736. The van der Waals surface area contributed by atoms with E-state index in [1.165, 1.54) is 28.6 Å². The molecule has 0 spiro atoms. The van der Waals surface area contributed by atoms with Crippen LogP contribution < -0.4 is 10.6 Å². The molecule has 0 aliphatic heterocycles. The smallest absolute Gasteiger partial charge is 0.251 e. The monoisotopic (exact) mass is 435 g/mol. The van der Waals surface area contributed by atoms with Gasteiger partial charge in [0.15, 0.2) is 5.82 Å². The molecule has 0 unspecified atom stereocenters. The number of nitrogens with zero attached hydrogens (tertiary/aromatic N) is 3. The lowest BCUT2D eigenvalue weighted by molar-refractivity contribution is -0.118. The third kappa shape index (κ3) is 5.45. The minimum Gasteiger partial charge on any atom is -0.340 e. The summed E-state index contributed by atoms with van der Waals surface area (Å²) in [5, 5.41) is 9.48. The third-order valence-electron chi connectivity index (χ3n) is 4.64. The Morgan fingerprint density at radius 3 is 2.37 bits per heavy atom. The number of benzene rings is 1. The number of sulfonamides is 1. The molecule has 0 fully saturated rings. The summed E-state index contributed by atoms with van der Waals surface area (Å²) >= 11 is 0. The van der Waals surface area contributed by atoms with E-state index in [0.29, 0.717) is 18.9 Å². The number of aromatic nitrogens is 2. The second-order valence-corrected chi connectivity index (χ2v) is 9.11. The minimum atomic E-state index is -3.69. The molecule has 2 aromatic rings. The van der Waals surface area contributed by atoms with Crippen molar-refractivity contribution in [2.24, 2.45) is 13.0 Å². The molecule has 9 nitrogen and oxygen atoms in total. The van der Waals surface area contributed by atoms with Crippen molar-refractivity contribution < 1.29 is 18.0 Å². The van der Waals surface area contributed by atoms with Gasteiger partial charge in [0.05, 0.1) is 4.90 Å². The van der Waals surface area contributed by atoms with E-state index < -0.39 is 27.9 Å². The molecule has 2 amide bonds. The van der Waals surface area contributed by atoms with Crippen molar-refractivity contribution in [2.75, 3.05) is 18.4 Å². The van der Waals surface area contributed by atoms with Gasteiger partial charge in [-0.1, -0.05) is 33.8 Å². The van der Waals surface area contributed by atoms with E-state index >= 15 is 0 Å². The summed E-state index contributed by atoms with van der Waals surface area (Å²) in [5.41, 5.74) is 0.166. The molecule has 0 radical (unpaired) electrons. The first kappa shape index (κ1) is 23.6. The molecule has 1 aromatic heterocycles. The molecule has 2 N–H and O–H groups in total. The standard InChI is InChI=1S/C20H29N5O4S/c1-6-25(7-2)30(28,29)16-10-8-9-15(13-16)19(26)22-18(14(3)4)20(27)21-17-11-12-24(5)23-17/h8-14,18H,6-7H2,1-5H3,(H,22,26)(H,21,23,27)/t18-/m0/s1. The second kappa shape index (κ2) is 9.86. The van der Waals surface area contributed by atoms with Crippen LogP contribution in [0.5, 0.6) is 0 Å². The molecular weight excluding hydrogens is 406 g/mol. The first-order valence-corrected chi connectivity index (χ1v) is 11.3. The van der Waals surface area contributed by atoms with Crippen molar-refractivity contribution in [3.63, 3.8) is 0 Å². The van der Waals surface area contributed by atoms with Crippen LogP contribution in [-0.2, 0) is 21.9 Å². The first-order chi connectivity index (χ1) is 14.1. The Bertz CT molecular complexity index is 996. The van der Waals surface area contributed by atoms with E-state index in [0.717, 1.165) is 0 Å². The van der Waals surface area contributed by atoms with Gasteiger partial charge in [0.25, 0.3) is 5.91 Å². The van der Waals surface area contributed by atoms with Gasteiger partial charge in [0.2, 0.25) is 15.9 Å². The van der Waals surface area contributed by atoms with Gasteiger partial charge in [0.1, 0.15) is 6.04 Å². The van der Waals surface area contributed by atoms with Crippen LogP contribution in [0.2, 0.25) is 0 Å². The molecule has 10 heteroatoms. The molecule has 0 saturated carbocycles.